The van der Waals surface area contributed by atoms with E-state index < -0.39 is 17.7 Å². The molecule has 3 aromatic rings. The van der Waals surface area contributed by atoms with Gasteiger partial charge in [0.15, 0.2) is 23.0 Å². The van der Waals surface area contributed by atoms with Gasteiger partial charge in [0.1, 0.15) is 0 Å². The molecular formula is C26H20F3NO5. The maximum absolute atomic E-state index is 12.7. The molecule has 35 heavy (non-hydrogen) atoms. The fourth-order valence-electron chi connectivity index (χ4n) is 3.16. The first kappa shape index (κ1) is 25.2. The van der Waals surface area contributed by atoms with Crippen LogP contribution in [0.5, 0.6) is 23.0 Å². The van der Waals surface area contributed by atoms with Crippen molar-refractivity contribution >= 4 is 17.6 Å². The summed E-state index contributed by atoms with van der Waals surface area (Å²) in [4.78, 5) is 12.4. The van der Waals surface area contributed by atoms with Crippen molar-refractivity contribution in [3.05, 3.63) is 82.9 Å². The van der Waals surface area contributed by atoms with Crippen LogP contribution in [0.1, 0.15) is 27.0 Å². The molecule has 0 bridgehead atoms. The lowest BCUT2D eigenvalue weighted by atomic mass is 10.0. The average molecular weight is 483 g/mol. The lowest BCUT2D eigenvalue weighted by molar-refractivity contribution is -0.137. The van der Waals surface area contributed by atoms with Crippen molar-refractivity contribution in [2.24, 2.45) is 0 Å². The van der Waals surface area contributed by atoms with Gasteiger partial charge in [0.25, 0.3) is 0 Å². The number of allylic oxidation sites excluding steroid dienone is 1. The van der Waals surface area contributed by atoms with Crippen molar-refractivity contribution in [3.8, 4) is 29.1 Å². The van der Waals surface area contributed by atoms with E-state index >= 15 is 0 Å². The second-order valence-electron chi connectivity index (χ2n) is 7.11. The first-order chi connectivity index (χ1) is 16.7. The van der Waals surface area contributed by atoms with E-state index in [0.717, 1.165) is 24.3 Å². The Balaban J connectivity index is 1.85. The van der Waals surface area contributed by atoms with Crippen LogP contribution in [0, 0.1) is 11.3 Å². The molecule has 0 saturated carbocycles. The van der Waals surface area contributed by atoms with Gasteiger partial charge in [-0.15, -0.1) is 0 Å². The summed E-state index contributed by atoms with van der Waals surface area (Å²) in [5.41, 5.74) is 0.599. The van der Waals surface area contributed by atoms with Gasteiger partial charge >= 0.3 is 12.1 Å². The summed E-state index contributed by atoms with van der Waals surface area (Å²) >= 11 is 0. The van der Waals surface area contributed by atoms with E-state index in [1.54, 1.807) is 36.4 Å². The van der Waals surface area contributed by atoms with Crippen LogP contribution in [0.2, 0.25) is 0 Å². The Hall–Kier alpha value is -4.45. The molecule has 3 rings (SSSR count). The van der Waals surface area contributed by atoms with Gasteiger partial charge in [-0.2, -0.15) is 18.4 Å². The highest BCUT2D eigenvalue weighted by Crippen LogP contribution is 2.34. The lowest BCUT2D eigenvalue weighted by Crippen LogP contribution is -2.11. The molecule has 0 fully saturated rings. The van der Waals surface area contributed by atoms with E-state index in [4.69, 9.17) is 18.9 Å². The number of hydrogen-bond donors (Lipinski definition) is 0. The second kappa shape index (κ2) is 10.7. The predicted octanol–water partition coefficient (Wildman–Crippen LogP) is 6.01. The van der Waals surface area contributed by atoms with E-state index in [9.17, 15) is 23.2 Å². The van der Waals surface area contributed by atoms with Gasteiger partial charge in [0.2, 0.25) is 0 Å². The lowest BCUT2D eigenvalue weighted by Gasteiger charge is -2.11. The minimum Gasteiger partial charge on any atom is -0.493 e. The largest absolute Gasteiger partial charge is 0.493 e. The first-order valence-electron chi connectivity index (χ1n) is 10.1. The first-order valence-corrected chi connectivity index (χ1v) is 10.1. The quantitative estimate of drug-likeness (QED) is 0.177. The van der Waals surface area contributed by atoms with E-state index in [2.05, 4.69) is 6.07 Å². The third-order valence-corrected chi connectivity index (χ3v) is 4.96. The van der Waals surface area contributed by atoms with Crippen molar-refractivity contribution in [1.29, 1.82) is 5.26 Å². The van der Waals surface area contributed by atoms with Gasteiger partial charge < -0.3 is 18.9 Å². The molecule has 9 heteroatoms. The van der Waals surface area contributed by atoms with Gasteiger partial charge in [-0.3, -0.25) is 0 Å². The van der Waals surface area contributed by atoms with Crippen molar-refractivity contribution < 1.29 is 36.9 Å². The van der Waals surface area contributed by atoms with Crippen LogP contribution in [0.3, 0.4) is 0 Å². The molecule has 0 N–H and O–H groups in total. The zero-order chi connectivity index (χ0) is 25.6. The third kappa shape index (κ3) is 5.92. The number of hydrogen-bond acceptors (Lipinski definition) is 6. The molecule has 0 unspecified atom stereocenters. The average Bonchev–Trinajstić information content (AvgIpc) is 2.87. The molecule has 0 aliphatic rings. The number of rotatable bonds is 7. The summed E-state index contributed by atoms with van der Waals surface area (Å²) in [5, 5.41) is 9.67. The Labute approximate surface area is 199 Å². The number of alkyl halides is 3. The molecule has 0 heterocycles. The SMILES string of the molecule is COc1ccc(/C(C#N)=C\c2ccc(OC(=O)c3ccc(C(F)(F)F)cc3)c(OC)c2)cc1OC. The molecule has 0 spiro atoms. The van der Waals surface area contributed by atoms with Crippen LogP contribution in [0.15, 0.2) is 60.7 Å². The molecule has 0 aliphatic heterocycles. The summed E-state index contributed by atoms with van der Waals surface area (Å²) in [7, 11) is 4.38. The molecule has 6 nitrogen and oxygen atoms in total. The molecule has 3 aromatic carbocycles. The maximum Gasteiger partial charge on any atom is 0.416 e. The Morgan fingerprint density at radius 3 is 1.94 bits per heavy atom. The van der Waals surface area contributed by atoms with Gasteiger partial charge in [0.05, 0.1) is 44.1 Å². The van der Waals surface area contributed by atoms with Crippen LogP contribution in [0.25, 0.3) is 11.6 Å². The number of halogens is 3. The number of benzene rings is 3. The number of nitriles is 1. The normalized spacial score (nSPS) is 11.4. The Bertz CT molecular complexity index is 1290. The summed E-state index contributed by atoms with van der Waals surface area (Å²) in [6.45, 7) is 0. The van der Waals surface area contributed by atoms with Gasteiger partial charge in [0, 0.05) is 0 Å². The minimum absolute atomic E-state index is 0.0516. The second-order valence-corrected chi connectivity index (χ2v) is 7.11. The molecule has 180 valence electrons. The number of methoxy groups -OCH3 is 3. The fraction of sp³-hybridized carbons (Fsp3) is 0.154. The monoisotopic (exact) mass is 483 g/mol. The van der Waals surface area contributed by atoms with E-state index in [0.29, 0.717) is 28.2 Å². The maximum atomic E-state index is 12.7. The molecule has 0 aromatic heterocycles. The predicted molar refractivity (Wildman–Crippen MR) is 122 cm³/mol. The highest BCUT2D eigenvalue weighted by molar-refractivity contribution is 5.92. The molecule has 0 aliphatic carbocycles. The van der Waals surface area contributed by atoms with Crippen molar-refractivity contribution in [2.75, 3.05) is 21.3 Å². The molecule has 0 atom stereocenters. The summed E-state index contributed by atoms with van der Waals surface area (Å²) in [6, 6.07) is 15.5. The number of nitrogens with zero attached hydrogens (tertiary/aromatic N) is 1. The molecule has 0 amide bonds. The zero-order valence-corrected chi connectivity index (χ0v) is 19.0. The third-order valence-electron chi connectivity index (χ3n) is 4.96. The standard InChI is InChI=1S/C26H20F3NO5/c1-32-21-11-7-18(14-24(21)34-3)19(15-30)12-16-4-10-22(23(13-16)33-2)35-25(31)17-5-8-20(9-6-17)26(27,28)29/h4-14H,1-3H3/b19-12-. The summed E-state index contributed by atoms with van der Waals surface area (Å²) in [5.74, 6) is 0.412. The van der Waals surface area contributed by atoms with Crippen molar-refractivity contribution in [3.63, 3.8) is 0 Å². The highest BCUT2D eigenvalue weighted by Gasteiger charge is 2.30. The van der Waals surface area contributed by atoms with Crippen LogP contribution < -0.4 is 18.9 Å². The van der Waals surface area contributed by atoms with Crippen molar-refractivity contribution in [2.45, 2.75) is 6.18 Å². The van der Waals surface area contributed by atoms with Crippen molar-refractivity contribution in [1.82, 2.24) is 0 Å². The molecule has 0 saturated heterocycles. The van der Waals surface area contributed by atoms with Gasteiger partial charge in [-0.1, -0.05) is 6.07 Å². The number of esters is 1. The van der Waals surface area contributed by atoms with E-state index in [1.165, 1.54) is 27.4 Å². The van der Waals surface area contributed by atoms with E-state index in [1.807, 2.05) is 0 Å². The van der Waals surface area contributed by atoms with Crippen LogP contribution in [0.4, 0.5) is 13.2 Å². The van der Waals surface area contributed by atoms with Crippen LogP contribution in [-0.2, 0) is 6.18 Å². The smallest absolute Gasteiger partial charge is 0.416 e. The fourth-order valence-corrected chi connectivity index (χ4v) is 3.16. The summed E-state index contributed by atoms with van der Waals surface area (Å²) in [6.07, 6.45) is -2.89. The topological polar surface area (TPSA) is 77.8 Å². The highest BCUT2D eigenvalue weighted by atomic mass is 19.4. The number of carbonyl (C=O) groups is 1. The van der Waals surface area contributed by atoms with Crippen LogP contribution >= 0.6 is 0 Å². The van der Waals surface area contributed by atoms with Gasteiger partial charge in [-0.05, 0) is 71.8 Å². The Kier molecular flexibility index (Phi) is 7.66. The van der Waals surface area contributed by atoms with Crippen LogP contribution in [-0.4, -0.2) is 27.3 Å². The number of ether oxygens (including phenoxy) is 4. The minimum atomic E-state index is -4.51. The Morgan fingerprint density at radius 2 is 1.37 bits per heavy atom. The molecular weight excluding hydrogens is 463 g/mol. The molecule has 0 radical (unpaired) electrons. The van der Waals surface area contributed by atoms with E-state index in [-0.39, 0.29) is 17.1 Å². The number of carbonyl (C=O) groups excluding carboxylic acids is 1. The van der Waals surface area contributed by atoms with Gasteiger partial charge in [-0.25, -0.2) is 4.79 Å². The Morgan fingerprint density at radius 1 is 0.800 bits per heavy atom. The zero-order valence-electron chi connectivity index (χ0n) is 19.0. The summed E-state index contributed by atoms with van der Waals surface area (Å²) < 4.78 is 59.3.